The Morgan fingerprint density at radius 1 is 1.15 bits per heavy atom. The zero-order valence-corrected chi connectivity index (χ0v) is 11.9. The largest absolute Gasteiger partial charge is 0.469 e. The highest BCUT2D eigenvalue weighted by Gasteiger charge is 2.54. The molecule has 0 aromatic carbocycles. The normalized spacial score (nSPS) is 30.1. The molecule has 2 bridgehead atoms. The molecule has 6 heteroatoms. The van der Waals surface area contributed by atoms with Crippen molar-refractivity contribution in [2.24, 2.45) is 16.8 Å². The van der Waals surface area contributed by atoms with Crippen LogP contribution >= 0.6 is 0 Å². The van der Waals surface area contributed by atoms with Crippen LogP contribution in [0.5, 0.6) is 0 Å². The van der Waals surface area contributed by atoms with E-state index in [0.29, 0.717) is 6.54 Å². The Balaban J connectivity index is 1.96. The number of aliphatic imine (C=N–C) groups is 1. The molecule has 2 heterocycles. The van der Waals surface area contributed by atoms with E-state index in [1.54, 1.807) is 12.2 Å². The molecule has 4 atom stereocenters. The number of hydrogen-bond acceptors (Lipinski definition) is 6. The monoisotopic (exact) mass is 281 g/mol. The van der Waals surface area contributed by atoms with E-state index < -0.39 is 29.9 Å². The number of rotatable bonds is 5. The van der Waals surface area contributed by atoms with Gasteiger partial charge < -0.3 is 14.2 Å². The van der Waals surface area contributed by atoms with Crippen LogP contribution in [-0.4, -0.2) is 50.1 Å². The Labute approximate surface area is 117 Å². The smallest absolute Gasteiger partial charge is 0.312 e. The van der Waals surface area contributed by atoms with E-state index in [0.717, 1.165) is 5.71 Å². The quantitative estimate of drug-likeness (QED) is 0.322. The maximum Gasteiger partial charge on any atom is 0.312 e. The van der Waals surface area contributed by atoms with Crippen molar-refractivity contribution in [2.75, 3.05) is 20.3 Å². The number of methoxy groups -OCH3 is 1. The molecule has 0 radical (unpaired) electrons. The molecule has 2 rings (SSSR count). The molecule has 0 amide bonds. The molecule has 0 saturated carbocycles. The van der Waals surface area contributed by atoms with Crippen molar-refractivity contribution in [3.8, 4) is 0 Å². The van der Waals surface area contributed by atoms with E-state index >= 15 is 0 Å². The molecule has 0 unspecified atom stereocenters. The van der Waals surface area contributed by atoms with Gasteiger partial charge in [0.1, 0.15) is 18.4 Å². The summed E-state index contributed by atoms with van der Waals surface area (Å²) in [5.74, 6) is -2.10. The minimum absolute atomic E-state index is 0.204. The zero-order chi connectivity index (χ0) is 14.7. The first-order valence-corrected chi connectivity index (χ1v) is 6.60. The molecule has 0 aliphatic carbocycles. The van der Waals surface area contributed by atoms with E-state index in [1.807, 2.05) is 13.8 Å². The predicted molar refractivity (Wildman–Crippen MR) is 71.4 cm³/mol. The molecule has 2 aliphatic rings. The van der Waals surface area contributed by atoms with Gasteiger partial charge in [0, 0.05) is 5.71 Å². The first kappa shape index (κ1) is 14.7. The summed E-state index contributed by atoms with van der Waals surface area (Å²) in [7, 11) is 1.30. The molecule has 6 nitrogen and oxygen atoms in total. The lowest BCUT2D eigenvalue weighted by molar-refractivity contribution is -0.158. The number of carbonyl (C=O) groups excluding carboxylic acids is 2. The van der Waals surface area contributed by atoms with E-state index in [2.05, 4.69) is 4.99 Å². The minimum Gasteiger partial charge on any atom is -0.469 e. The van der Waals surface area contributed by atoms with E-state index in [9.17, 15) is 9.59 Å². The molecule has 0 N–H and O–H groups in total. The standard InChI is InChI=1S/C14H19NO5/c1-8(2)15-6-7-19-14(17)12-10-5-4-9(20-10)11(12)13(16)18-3/h4-5,9-12H,6-7H2,1-3H3/t9-,10+,11+,12-/m0/s1. The van der Waals surface area contributed by atoms with Gasteiger partial charge in [-0.3, -0.25) is 14.6 Å². The van der Waals surface area contributed by atoms with E-state index in [1.165, 1.54) is 7.11 Å². The second-order valence-corrected chi connectivity index (χ2v) is 5.02. The highest BCUT2D eigenvalue weighted by atomic mass is 16.6. The van der Waals surface area contributed by atoms with Crippen molar-refractivity contribution in [1.29, 1.82) is 0 Å². The lowest BCUT2D eigenvalue weighted by Crippen LogP contribution is -2.38. The van der Waals surface area contributed by atoms with Crippen molar-refractivity contribution in [1.82, 2.24) is 0 Å². The van der Waals surface area contributed by atoms with Gasteiger partial charge in [0.25, 0.3) is 0 Å². The van der Waals surface area contributed by atoms with E-state index in [-0.39, 0.29) is 12.7 Å². The lowest BCUT2D eigenvalue weighted by atomic mass is 9.83. The molecule has 0 aromatic rings. The van der Waals surface area contributed by atoms with Gasteiger partial charge >= 0.3 is 11.9 Å². The molecule has 2 aliphatic heterocycles. The van der Waals surface area contributed by atoms with Gasteiger partial charge in [0.2, 0.25) is 0 Å². The third-order valence-corrected chi connectivity index (χ3v) is 3.41. The van der Waals surface area contributed by atoms with Crippen LogP contribution in [0.4, 0.5) is 0 Å². The predicted octanol–water partition coefficient (Wildman–Crippen LogP) is 0.753. The minimum atomic E-state index is -0.621. The lowest BCUT2D eigenvalue weighted by Gasteiger charge is -2.21. The maximum atomic E-state index is 12.1. The van der Waals surface area contributed by atoms with Crippen LogP contribution in [0.3, 0.4) is 0 Å². The van der Waals surface area contributed by atoms with E-state index in [4.69, 9.17) is 14.2 Å². The van der Waals surface area contributed by atoms with Crippen molar-refractivity contribution in [3.63, 3.8) is 0 Å². The highest BCUT2D eigenvalue weighted by molar-refractivity contribution is 5.85. The first-order valence-electron chi connectivity index (χ1n) is 6.60. The fraction of sp³-hybridized carbons (Fsp3) is 0.643. The molecule has 1 fully saturated rings. The van der Waals surface area contributed by atoms with Gasteiger partial charge in [0.05, 0.1) is 25.9 Å². The molecule has 0 aromatic heterocycles. The second kappa shape index (κ2) is 6.17. The third kappa shape index (κ3) is 2.90. The van der Waals surface area contributed by atoms with Gasteiger partial charge in [-0.15, -0.1) is 0 Å². The number of nitrogens with zero attached hydrogens (tertiary/aromatic N) is 1. The van der Waals surface area contributed by atoms with Crippen molar-refractivity contribution >= 4 is 17.7 Å². The summed E-state index contributed by atoms with van der Waals surface area (Å²) in [6, 6.07) is 0. The van der Waals surface area contributed by atoms with Gasteiger partial charge in [-0.25, -0.2) is 0 Å². The molecule has 20 heavy (non-hydrogen) atoms. The maximum absolute atomic E-state index is 12.1. The number of esters is 2. The fourth-order valence-corrected chi connectivity index (χ4v) is 2.52. The van der Waals surface area contributed by atoms with Gasteiger partial charge in [-0.2, -0.15) is 0 Å². The van der Waals surface area contributed by atoms with Crippen molar-refractivity contribution in [2.45, 2.75) is 26.1 Å². The number of hydrogen-bond donors (Lipinski definition) is 0. The Kier molecular flexibility index (Phi) is 4.54. The topological polar surface area (TPSA) is 74.2 Å². The van der Waals surface area contributed by atoms with Crippen LogP contribution in [-0.2, 0) is 23.8 Å². The van der Waals surface area contributed by atoms with Gasteiger partial charge in [-0.05, 0) is 13.8 Å². The molecule has 110 valence electrons. The highest BCUT2D eigenvalue weighted by Crippen LogP contribution is 2.40. The molecule has 0 spiro atoms. The number of fused-ring (bicyclic) bond motifs is 2. The Bertz CT molecular complexity index is 452. The van der Waals surface area contributed by atoms with Crippen LogP contribution in [0.25, 0.3) is 0 Å². The summed E-state index contributed by atoms with van der Waals surface area (Å²) < 4.78 is 15.5. The Morgan fingerprint density at radius 3 is 2.30 bits per heavy atom. The summed E-state index contributed by atoms with van der Waals surface area (Å²) in [4.78, 5) is 28.0. The first-order chi connectivity index (χ1) is 9.54. The molecular weight excluding hydrogens is 262 g/mol. The SMILES string of the molecule is COC(=O)[C@H]1[C@@H](C(=O)OCCN=C(C)C)[C@H]2C=C[C@@H]1O2. The number of carbonyl (C=O) groups is 2. The average molecular weight is 281 g/mol. The third-order valence-electron chi connectivity index (χ3n) is 3.41. The second-order valence-electron chi connectivity index (χ2n) is 5.02. The summed E-state index contributed by atoms with van der Waals surface area (Å²) in [5, 5.41) is 0. The fourth-order valence-electron chi connectivity index (χ4n) is 2.52. The Hall–Kier alpha value is -1.69. The average Bonchev–Trinajstić information content (AvgIpc) is 3.02. The van der Waals surface area contributed by atoms with Crippen molar-refractivity contribution < 1.29 is 23.8 Å². The van der Waals surface area contributed by atoms with Crippen LogP contribution in [0, 0.1) is 11.8 Å². The van der Waals surface area contributed by atoms with Gasteiger partial charge in [-0.1, -0.05) is 12.2 Å². The van der Waals surface area contributed by atoms with Gasteiger partial charge in [0.15, 0.2) is 0 Å². The Morgan fingerprint density at radius 2 is 1.75 bits per heavy atom. The molecular formula is C14H19NO5. The molecule has 1 saturated heterocycles. The van der Waals surface area contributed by atoms with Crippen LogP contribution in [0.1, 0.15) is 13.8 Å². The summed E-state index contributed by atoms with van der Waals surface area (Å²) >= 11 is 0. The van der Waals surface area contributed by atoms with Crippen LogP contribution in [0.2, 0.25) is 0 Å². The van der Waals surface area contributed by atoms with Crippen LogP contribution in [0.15, 0.2) is 17.1 Å². The zero-order valence-electron chi connectivity index (χ0n) is 11.9. The van der Waals surface area contributed by atoms with Crippen LogP contribution < -0.4 is 0 Å². The van der Waals surface area contributed by atoms with Crippen molar-refractivity contribution in [3.05, 3.63) is 12.2 Å². The summed E-state index contributed by atoms with van der Waals surface area (Å²) in [6.45, 7) is 4.39. The number of ether oxygens (including phenoxy) is 3. The summed E-state index contributed by atoms with van der Waals surface area (Å²) in [6.07, 6.45) is 2.81. The summed E-state index contributed by atoms with van der Waals surface area (Å²) in [5.41, 5.74) is 0.930.